The van der Waals surface area contributed by atoms with E-state index in [0.717, 1.165) is 10.5 Å². The summed E-state index contributed by atoms with van der Waals surface area (Å²) in [5.41, 5.74) is 2.23. The maximum absolute atomic E-state index is 13.3. The zero-order chi connectivity index (χ0) is 24.0. The molecule has 1 amide bonds. The topological polar surface area (TPSA) is 122 Å². The smallest absolute Gasteiger partial charge is 0.271 e. The average Bonchev–Trinajstić information content (AvgIpc) is 2.77. The van der Waals surface area contributed by atoms with Crippen LogP contribution in [0.2, 0.25) is 10.0 Å². The maximum atomic E-state index is 13.3. The molecule has 1 N–H and O–H groups in total. The molecule has 0 fully saturated rings. The number of anilines is 1. The van der Waals surface area contributed by atoms with Gasteiger partial charge in [0, 0.05) is 16.1 Å². The highest BCUT2D eigenvalue weighted by molar-refractivity contribution is 7.92. The van der Waals surface area contributed by atoms with E-state index in [1.54, 1.807) is 24.3 Å². The van der Waals surface area contributed by atoms with Crippen molar-refractivity contribution in [1.29, 1.82) is 0 Å². The Labute approximate surface area is 199 Å². The van der Waals surface area contributed by atoms with Gasteiger partial charge in [-0.2, -0.15) is 5.10 Å². The van der Waals surface area contributed by atoms with Gasteiger partial charge in [0.05, 0.1) is 27.3 Å². The predicted octanol–water partition coefficient (Wildman–Crippen LogP) is 4.25. The van der Waals surface area contributed by atoms with Crippen molar-refractivity contribution in [3.8, 4) is 0 Å². The zero-order valence-corrected chi connectivity index (χ0v) is 19.1. The van der Waals surface area contributed by atoms with E-state index in [4.69, 9.17) is 23.2 Å². The number of hydrogen-bond donors (Lipinski definition) is 1. The fourth-order valence-corrected chi connectivity index (χ4v) is 4.76. The third-order valence-corrected chi connectivity index (χ3v) is 6.50. The molecule has 3 aromatic carbocycles. The minimum atomic E-state index is -4.16. The normalized spacial score (nSPS) is 11.3. The Balaban J connectivity index is 1.88. The van der Waals surface area contributed by atoms with Crippen LogP contribution in [0.3, 0.4) is 0 Å². The first-order valence-electron chi connectivity index (χ1n) is 9.27. The molecule has 0 heterocycles. The molecule has 9 nitrogen and oxygen atoms in total. The van der Waals surface area contributed by atoms with Gasteiger partial charge in [0.25, 0.3) is 21.6 Å². The number of nitro benzene ring substituents is 1. The molecule has 3 rings (SSSR count). The average molecular weight is 507 g/mol. The predicted molar refractivity (Wildman–Crippen MR) is 126 cm³/mol. The van der Waals surface area contributed by atoms with Crippen molar-refractivity contribution in [2.45, 2.75) is 4.90 Å². The molecule has 33 heavy (non-hydrogen) atoms. The van der Waals surface area contributed by atoms with Crippen molar-refractivity contribution in [3.05, 3.63) is 98.5 Å². The molecule has 12 heteroatoms. The minimum Gasteiger partial charge on any atom is -0.271 e. The molecule has 0 radical (unpaired) electrons. The van der Waals surface area contributed by atoms with Gasteiger partial charge in [0.1, 0.15) is 6.54 Å². The van der Waals surface area contributed by atoms with E-state index < -0.39 is 27.4 Å². The highest BCUT2D eigenvalue weighted by atomic mass is 35.5. The minimum absolute atomic E-state index is 0.0442. The standard InChI is InChI=1S/C21H16Cl2N4O5S/c22-16-10-17(23)12-18(11-16)26(33(31,32)19-7-2-1-3-8-19)14-21(28)25-24-13-15-6-4-5-9-20(15)27(29)30/h1-13H,14H2,(H,25,28)/b24-13-. The monoisotopic (exact) mass is 506 g/mol. The van der Waals surface area contributed by atoms with Crippen molar-refractivity contribution in [1.82, 2.24) is 5.43 Å². The third kappa shape index (κ3) is 6.07. The molecule has 0 aliphatic heterocycles. The number of para-hydroxylation sites is 1. The van der Waals surface area contributed by atoms with E-state index in [0.29, 0.717) is 0 Å². The number of hydrazone groups is 1. The Morgan fingerprint density at radius 3 is 2.27 bits per heavy atom. The molecule has 170 valence electrons. The fraction of sp³-hybridized carbons (Fsp3) is 0.0476. The summed E-state index contributed by atoms with van der Waals surface area (Å²) in [4.78, 5) is 23.0. The number of amides is 1. The Kier molecular flexibility index (Phi) is 7.64. The van der Waals surface area contributed by atoms with Gasteiger partial charge < -0.3 is 0 Å². The largest absolute Gasteiger partial charge is 0.278 e. The van der Waals surface area contributed by atoms with E-state index in [-0.39, 0.29) is 31.9 Å². The number of nitrogens with zero attached hydrogens (tertiary/aromatic N) is 3. The second kappa shape index (κ2) is 10.4. The van der Waals surface area contributed by atoms with Crippen molar-refractivity contribution >= 4 is 56.7 Å². The second-order valence-electron chi connectivity index (χ2n) is 6.56. The number of nitrogens with one attached hydrogen (secondary N) is 1. The van der Waals surface area contributed by atoms with Gasteiger partial charge in [-0.25, -0.2) is 13.8 Å². The van der Waals surface area contributed by atoms with Gasteiger partial charge >= 0.3 is 0 Å². The van der Waals surface area contributed by atoms with Crippen LogP contribution in [0.15, 0.2) is 82.8 Å². The molecule has 0 saturated carbocycles. The van der Waals surface area contributed by atoms with Gasteiger partial charge in [-0.1, -0.05) is 53.5 Å². The first kappa shape index (κ1) is 24.2. The summed E-state index contributed by atoms with van der Waals surface area (Å²) in [6.45, 7) is -0.651. The summed E-state index contributed by atoms with van der Waals surface area (Å²) in [6.07, 6.45) is 1.10. The van der Waals surface area contributed by atoms with Gasteiger partial charge in [-0.3, -0.25) is 19.2 Å². The van der Waals surface area contributed by atoms with Crippen LogP contribution < -0.4 is 9.73 Å². The Bertz CT molecular complexity index is 1300. The lowest BCUT2D eigenvalue weighted by molar-refractivity contribution is -0.385. The van der Waals surface area contributed by atoms with Gasteiger partial charge in [0.2, 0.25) is 0 Å². The first-order chi connectivity index (χ1) is 15.7. The molecule has 0 saturated heterocycles. The summed E-state index contributed by atoms with van der Waals surface area (Å²) in [6, 6.07) is 17.5. The van der Waals surface area contributed by atoms with E-state index in [9.17, 15) is 23.3 Å². The number of hydrogen-bond acceptors (Lipinski definition) is 6. The number of sulfonamides is 1. The van der Waals surface area contributed by atoms with E-state index in [1.807, 2.05) is 0 Å². The van der Waals surface area contributed by atoms with Gasteiger partial charge in [-0.05, 0) is 36.4 Å². The van der Waals surface area contributed by atoms with Crippen LogP contribution >= 0.6 is 23.2 Å². The quantitative estimate of drug-likeness (QED) is 0.278. The van der Waals surface area contributed by atoms with E-state index in [2.05, 4.69) is 10.5 Å². The van der Waals surface area contributed by atoms with Gasteiger partial charge in [-0.15, -0.1) is 0 Å². The Hall–Kier alpha value is -3.47. The lowest BCUT2D eigenvalue weighted by atomic mass is 10.2. The molecule has 0 atom stereocenters. The zero-order valence-electron chi connectivity index (χ0n) is 16.8. The molecule has 0 aliphatic rings. The lowest BCUT2D eigenvalue weighted by Gasteiger charge is -2.24. The van der Waals surface area contributed by atoms with Crippen molar-refractivity contribution < 1.29 is 18.1 Å². The molecular formula is C21H16Cl2N4O5S. The fourth-order valence-electron chi connectivity index (χ4n) is 2.82. The number of carbonyl (C=O) groups excluding carboxylic acids is 1. The molecule has 0 unspecified atom stereocenters. The number of carbonyl (C=O) groups is 1. The third-order valence-electron chi connectivity index (χ3n) is 4.28. The summed E-state index contributed by atoms with van der Waals surface area (Å²) in [7, 11) is -4.16. The number of halogens is 2. The summed E-state index contributed by atoms with van der Waals surface area (Å²) in [5, 5.41) is 15.2. The Morgan fingerprint density at radius 2 is 1.64 bits per heavy atom. The highest BCUT2D eigenvalue weighted by Crippen LogP contribution is 2.29. The van der Waals surface area contributed by atoms with Crippen LogP contribution in [0.5, 0.6) is 0 Å². The Morgan fingerprint density at radius 1 is 1.03 bits per heavy atom. The van der Waals surface area contributed by atoms with Crippen LogP contribution in [0.25, 0.3) is 0 Å². The second-order valence-corrected chi connectivity index (χ2v) is 9.30. The molecule has 3 aromatic rings. The first-order valence-corrected chi connectivity index (χ1v) is 11.5. The molecule has 0 spiro atoms. The van der Waals surface area contributed by atoms with Crippen LogP contribution in [0.1, 0.15) is 5.56 Å². The number of nitro groups is 1. The maximum Gasteiger partial charge on any atom is 0.278 e. The van der Waals surface area contributed by atoms with Crippen LogP contribution in [0, 0.1) is 10.1 Å². The van der Waals surface area contributed by atoms with Crippen molar-refractivity contribution in [3.63, 3.8) is 0 Å². The molecule has 0 bridgehead atoms. The van der Waals surface area contributed by atoms with Crippen LogP contribution in [-0.2, 0) is 14.8 Å². The van der Waals surface area contributed by atoms with Crippen LogP contribution in [-0.4, -0.2) is 32.0 Å². The SMILES string of the molecule is O=C(CN(c1cc(Cl)cc(Cl)c1)S(=O)(=O)c1ccccc1)N/N=C\c1ccccc1[N+](=O)[O-]. The van der Waals surface area contributed by atoms with E-state index >= 15 is 0 Å². The molecule has 0 aliphatic carbocycles. The summed E-state index contributed by atoms with van der Waals surface area (Å²) in [5.74, 6) is -0.791. The number of rotatable bonds is 8. The summed E-state index contributed by atoms with van der Waals surface area (Å²) < 4.78 is 27.3. The molecule has 0 aromatic heterocycles. The van der Waals surface area contributed by atoms with E-state index in [1.165, 1.54) is 48.5 Å². The van der Waals surface area contributed by atoms with Gasteiger partial charge in [0.15, 0.2) is 0 Å². The lowest BCUT2D eigenvalue weighted by Crippen LogP contribution is -2.39. The highest BCUT2D eigenvalue weighted by Gasteiger charge is 2.27. The van der Waals surface area contributed by atoms with Crippen molar-refractivity contribution in [2.24, 2.45) is 5.10 Å². The summed E-state index contributed by atoms with van der Waals surface area (Å²) >= 11 is 12.1. The van der Waals surface area contributed by atoms with Crippen LogP contribution in [0.4, 0.5) is 11.4 Å². The number of benzene rings is 3. The van der Waals surface area contributed by atoms with Crippen molar-refractivity contribution in [2.75, 3.05) is 10.8 Å². The molecular weight excluding hydrogens is 491 g/mol.